The van der Waals surface area contributed by atoms with Gasteiger partial charge in [-0.3, -0.25) is 0 Å². The van der Waals surface area contributed by atoms with Gasteiger partial charge in [0.25, 0.3) is 0 Å². The predicted molar refractivity (Wildman–Crippen MR) is 110 cm³/mol. The fraction of sp³-hybridized carbons (Fsp3) is 0.125. The van der Waals surface area contributed by atoms with Crippen molar-refractivity contribution in [3.05, 3.63) is 89.2 Å². The first kappa shape index (κ1) is 20.0. The molecule has 0 spiro atoms. The average Bonchev–Trinajstić information content (AvgIpc) is 2.77. The van der Waals surface area contributed by atoms with Crippen molar-refractivity contribution in [2.24, 2.45) is 0 Å². The molecule has 29 heavy (non-hydrogen) atoms. The minimum atomic E-state index is -0.271. The number of methoxy groups -OCH3 is 2. The molecule has 0 aliphatic rings. The third kappa shape index (κ3) is 5.14. The fourth-order valence-electron chi connectivity index (χ4n) is 2.76. The van der Waals surface area contributed by atoms with Crippen molar-refractivity contribution in [2.45, 2.75) is 6.61 Å². The summed E-state index contributed by atoms with van der Waals surface area (Å²) in [5, 5.41) is 9.57. The van der Waals surface area contributed by atoms with Crippen molar-refractivity contribution in [2.75, 3.05) is 14.2 Å². The summed E-state index contributed by atoms with van der Waals surface area (Å²) in [7, 11) is 3.13. The highest BCUT2D eigenvalue weighted by Crippen LogP contribution is 2.31. The summed E-state index contributed by atoms with van der Waals surface area (Å²) >= 11 is 0. The van der Waals surface area contributed by atoms with Gasteiger partial charge in [-0.05, 0) is 65.2 Å². The van der Waals surface area contributed by atoms with E-state index in [1.54, 1.807) is 44.6 Å². The molecule has 0 amide bonds. The lowest BCUT2D eigenvalue weighted by Gasteiger charge is -2.09. The van der Waals surface area contributed by atoms with Crippen molar-refractivity contribution in [3.63, 3.8) is 0 Å². The lowest BCUT2D eigenvalue weighted by Crippen LogP contribution is -1.95. The molecule has 0 unspecified atom stereocenters. The number of halogens is 1. The third-order valence-corrected chi connectivity index (χ3v) is 4.32. The molecule has 0 saturated heterocycles. The largest absolute Gasteiger partial charge is 0.493 e. The highest BCUT2D eigenvalue weighted by Gasteiger charge is 2.08. The van der Waals surface area contributed by atoms with Crippen LogP contribution in [-0.4, -0.2) is 14.2 Å². The molecule has 0 heterocycles. The minimum Gasteiger partial charge on any atom is -0.493 e. The Labute approximate surface area is 169 Å². The van der Waals surface area contributed by atoms with Gasteiger partial charge in [0.1, 0.15) is 18.2 Å². The van der Waals surface area contributed by atoms with Gasteiger partial charge in [-0.2, -0.15) is 5.26 Å². The van der Waals surface area contributed by atoms with E-state index in [4.69, 9.17) is 14.2 Å². The van der Waals surface area contributed by atoms with E-state index in [9.17, 15) is 9.65 Å². The van der Waals surface area contributed by atoms with Crippen LogP contribution in [0.15, 0.2) is 66.7 Å². The van der Waals surface area contributed by atoms with Crippen molar-refractivity contribution < 1.29 is 18.6 Å². The molecular formula is C24H20FNO3. The molecule has 4 nitrogen and oxygen atoms in total. The van der Waals surface area contributed by atoms with Crippen LogP contribution in [0, 0.1) is 17.1 Å². The highest BCUT2D eigenvalue weighted by atomic mass is 19.1. The molecule has 5 heteroatoms. The van der Waals surface area contributed by atoms with E-state index < -0.39 is 0 Å². The minimum absolute atomic E-state index is 0.271. The Morgan fingerprint density at radius 3 is 2.24 bits per heavy atom. The van der Waals surface area contributed by atoms with Gasteiger partial charge >= 0.3 is 0 Å². The first-order chi connectivity index (χ1) is 14.1. The van der Waals surface area contributed by atoms with Gasteiger partial charge in [-0.1, -0.05) is 24.3 Å². The molecule has 0 aromatic heterocycles. The summed E-state index contributed by atoms with van der Waals surface area (Å²) in [6.45, 7) is 0.352. The average molecular weight is 389 g/mol. The molecule has 0 aliphatic heterocycles. The zero-order chi connectivity index (χ0) is 20.6. The Hall–Kier alpha value is -3.78. The van der Waals surface area contributed by atoms with Crippen LogP contribution in [0.2, 0.25) is 0 Å². The van der Waals surface area contributed by atoms with E-state index in [1.807, 2.05) is 30.3 Å². The second kappa shape index (κ2) is 9.43. The van der Waals surface area contributed by atoms with Crippen LogP contribution in [0.25, 0.3) is 11.6 Å². The number of nitrogens with zero attached hydrogens (tertiary/aromatic N) is 1. The van der Waals surface area contributed by atoms with E-state index >= 15 is 0 Å². The van der Waals surface area contributed by atoms with Crippen LogP contribution in [0.5, 0.6) is 17.2 Å². The second-order valence-electron chi connectivity index (χ2n) is 6.22. The third-order valence-electron chi connectivity index (χ3n) is 4.32. The van der Waals surface area contributed by atoms with E-state index in [0.717, 1.165) is 16.7 Å². The Morgan fingerprint density at radius 1 is 0.931 bits per heavy atom. The van der Waals surface area contributed by atoms with E-state index in [-0.39, 0.29) is 5.82 Å². The maximum Gasteiger partial charge on any atom is 0.161 e. The van der Waals surface area contributed by atoms with Gasteiger partial charge in [0, 0.05) is 0 Å². The maximum absolute atomic E-state index is 12.9. The summed E-state index contributed by atoms with van der Waals surface area (Å²) in [5.41, 5.74) is 2.99. The van der Waals surface area contributed by atoms with Crippen LogP contribution in [0.3, 0.4) is 0 Å². The monoisotopic (exact) mass is 389 g/mol. The SMILES string of the molecule is COc1ccc(/C(C#N)=C/c2ccc(OCc3ccc(F)cc3)cc2)cc1OC. The molecule has 3 aromatic rings. The molecular weight excluding hydrogens is 369 g/mol. The Bertz CT molecular complexity index is 1040. The van der Waals surface area contributed by atoms with Gasteiger partial charge in [-0.25, -0.2) is 4.39 Å². The maximum atomic E-state index is 12.9. The van der Waals surface area contributed by atoms with Crippen molar-refractivity contribution in [1.82, 2.24) is 0 Å². The Morgan fingerprint density at radius 2 is 1.62 bits per heavy atom. The summed E-state index contributed by atoms with van der Waals surface area (Å²) in [6.07, 6.45) is 1.80. The molecule has 0 N–H and O–H groups in total. The molecule has 0 atom stereocenters. The van der Waals surface area contributed by atoms with Gasteiger partial charge in [0.05, 0.1) is 25.9 Å². The number of ether oxygens (including phenoxy) is 3. The second-order valence-corrected chi connectivity index (χ2v) is 6.22. The topological polar surface area (TPSA) is 51.5 Å². The number of rotatable bonds is 7. The van der Waals surface area contributed by atoms with Gasteiger partial charge in [0.2, 0.25) is 0 Å². The fourth-order valence-corrected chi connectivity index (χ4v) is 2.76. The van der Waals surface area contributed by atoms with E-state index in [0.29, 0.717) is 29.4 Å². The highest BCUT2D eigenvalue weighted by molar-refractivity contribution is 5.90. The smallest absolute Gasteiger partial charge is 0.161 e. The standard InChI is InChI=1S/C24H20FNO3/c1-27-23-12-7-19(14-24(23)28-2)20(15-26)13-17-5-10-22(11-6-17)29-16-18-3-8-21(25)9-4-18/h3-14H,16H2,1-2H3/b20-13+. The number of hydrogen-bond acceptors (Lipinski definition) is 4. The predicted octanol–water partition coefficient (Wildman–Crippen LogP) is 5.49. The number of hydrogen-bond donors (Lipinski definition) is 0. The molecule has 146 valence electrons. The molecule has 0 fully saturated rings. The zero-order valence-electron chi connectivity index (χ0n) is 16.2. The molecule has 0 radical (unpaired) electrons. The zero-order valence-corrected chi connectivity index (χ0v) is 16.2. The molecule has 3 aromatic carbocycles. The van der Waals surface area contributed by atoms with Crippen molar-refractivity contribution in [3.8, 4) is 23.3 Å². The molecule has 3 rings (SSSR count). The van der Waals surface area contributed by atoms with Gasteiger partial charge in [0.15, 0.2) is 11.5 Å². The molecule has 0 bridgehead atoms. The number of allylic oxidation sites excluding steroid dienone is 1. The quantitative estimate of drug-likeness (QED) is 0.396. The first-order valence-electron chi connectivity index (χ1n) is 8.94. The van der Waals surface area contributed by atoms with Gasteiger partial charge < -0.3 is 14.2 Å². The van der Waals surface area contributed by atoms with E-state index in [1.165, 1.54) is 12.1 Å². The van der Waals surface area contributed by atoms with Crippen LogP contribution in [-0.2, 0) is 6.61 Å². The lowest BCUT2D eigenvalue weighted by molar-refractivity contribution is 0.306. The van der Waals surface area contributed by atoms with Crippen LogP contribution < -0.4 is 14.2 Å². The van der Waals surface area contributed by atoms with Crippen molar-refractivity contribution in [1.29, 1.82) is 5.26 Å². The summed E-state index contributed by atoms with van der Waals surface area (Å²) in [6, 6.07) is 21.2. The summed E-state index contributed by atoms with van der Waals surface area (Å²) < 4.78 is 29.2. The summed E-state index contributed by atoms with van der Waals surface area (Å²) in [4.78, 5) is 0. The Balaban J connectivity index is 1.73. The first-order valence-corrected chi connectivity index (χ1v) is 8.94. The molecule has 0 saturated carbocycles. The Kier molecular flexibility index (Phi) is 6.49. The van der Waals surface area contributed by atoms with Crippen molar-refractivity contribution >= 4 is 11.6 Å². The van der Waals surface area contributed by atoms with E-state index in [2.05, 4.69) is 6.07 Å². The van der Waals surface area contributed by atoms with Gasteiger partial charge in [-0.15, -0.1) is 0 Å². The number of nitriles is 1. The normalized spacial score (nSPS) is 10.9. The van der Waals surface area contributed by atoms with Crippen LogP contribution in [0.4, 0.5) is 4.39 Å². The summed E-state index contributed by atoms with van der Waals surface area (Å²) in [5.74, 6) is 1.59. The number of benzene rings is 3. The lowest BCUT2D eigenvalue weighted by atomic mass is 10.0. The molecule has 0 aliphatic carbocycles. The van der Waals surface area contributed by atoms with Crippen LogP contribution in [0.1, 0.15) is 16.7 Å². The van der Waals surface area contributed by atoms with Crippen LogP contribution >= 0.6 is 0 Å².